The Morgan fingerprint density at radius 2 is 2.00 bits per heavy atom. The lowest BCUT2D eigenvalue weighted by molar-refractivity contribution is -0.125. The van der Waals surface area contributed by atoms with Crippen molar-refractivity contribution < 1.29 is 19.1 Å². The van der Waals surface area contributed by atoms with Crippen molar-refractivity contribution in [1.29, 1.82) is 0 Å². The number of imide groups is 1. The highest BCUT2D eigenvalue weighted by atomic mass is 35.5. The van der Waals surface area contributed by atoms with Crippen LogP contribution in [0.15, 0.2) is 18.2 Å². The Bertz CT molecular complexity index is 733. The number of hydrogen-bond acceptors (Lipinski definition) is 5. The number of ether oxygens (including phenoxy) is 1. The Balaban J connectivity index is 0.00000261. The molecule has 27 heavy (non-hydrogen) atoms. The zero-order valence-electron chi connectivity index (χ0n) is 15.0. The Morgan fingerprint density at radius 3 is 2.59 bits per heavy atom. The van der Waals surface area contributed by atoms with E-state index in [1.165, 1.54) is 7.11 Å². The maximum Gasteiger partial charge on any atom is 0.322 e. The van der Waals surface area contributed by atoms with E-state index in [-0.39, 0.29) is 24.1 Å². The van der Waals surface area contributed by atoms with Gasteiger partial charge in [-0.15, -0.1) is 12.4 Å². The molecule has 1 spiro atoms. The Hall–Kier alpha value is -1.83. The molecular formula is C18H23Cl2N3O4. The number of carbonyl (C=O) groups excluding carboxylic acids is 3. The lowest BCUT2D eigenvalue weighted by atomic mass is 9.87. The summed E-state index contributed by atoms with van der Waals surface area (Å²) in [5, 5.41) is 5.56. The molecule has 9 heteroatoms. The standard InChI is InChI=1S/C18H22ClN3O4.ClH/c1-26-15-5-4-12(19)11-13(15)14(23)3-2-8-22-9-6-18(7-10-22)16(24)20-17(25)21-18;/h4-5,11H,2-3,6-10H2,1H3,(H2,20,21,24,25);1H. The number of methoxy groups -OCH3 is 1. The van der Waals surface area contributed by atoms with Crippen molar-refractivity contribution in [2.45, 2.75) is 31.2 Å². The predicted molar refractivity (Wildman–Crippen MR) is 104 cm³/mol. The third-order valence-electron chi connectivity index (χ3n) is 5.06. The van der Waals surface area contributed by atoms with Gasteiger partial charge in [-0.1, -0.05) is 11.6 Å². The van der Waals surface area contributed by atoms with Gasteiger partial charge in [0.25, 0.3) is 5.91 Å². The van der Waals surface area contributed by atoms with Crippen molar-refractivity contribution in [3.63, 3.8) is 0 Å². The lowest BCUT2D eigenvalue weighted by Gasteiger charge is -2.36. The molecule has 3 amide bonds. The molecule has 2 heterocycles. The molecule has 0 unspecified atom stereocenters. The lowest BCUT2D eigenvalue weighted by Crippen LogP contribution is -2.54. The molecular weight excluding hydrogens is 393 g/mol. The van der Waals surface area contributed by atoms with Crippen LogP contribution < -0.4 is 15.4 Å². The smallest absolute Gasteiger partial charge is 0.322 e. The van der Waals surface area contributed by atoms with E-state index < -0.39 is 11.6 Å². The highest BCUT2D eigenvalue weighted by Crippen LogP contribution is 2.27. The summed E-state index contributed by atoms with van der Waals surface area (Å²) in [7, 11) is 1.53. The van der Waals surface area contributed by atoms with Gasteiger partial charge in [0.15, 0.2) is 5.78 Å². The van der Waals surface area contributed by atoms with Crippen LogP contribution in [0.1, 0.15) is 36.0 Å². The first-order valence-corrected chi connectivity index (χ1v) is 9.04. The van der Waals surface area contributed by atoms with Crippen LogP contribution >= 0.6 is 24.0 Å². The van der Waals surface area contributed by atoms with E-state index >= 15 is 0 Å². The van der Waals surface area contributed by atoms with Gasteiger partial charge in [-0.25, -0.2) is 4.79 Å². The highest BCUT2D eigenvalue weighted by molar-refractivity contribution is 6.31. The average Bonchev–Trinajstić information content (AvgIpc) is 2.89. The van der Waals surface area contributed by atoms with E-state index in [1.807, 2.05) is 0 Å². The van der Waals surface area contributed by atoms with E-state index in [2.05, 4.69) is 15.5 Å². The van der Waals surface area contributed by atoms with Gasteiger partial charge in [0, 0.05) is 24.5 Å². The number of piperidine rings is 1. The topological polar surface area (TPSA) is 87.7 Å². The van der Waals surface area contributed by atoms with Gasteiger partial charge >= 0.3 is 6.03 Å². The number of nitrogens with zero attached hydrogens (tertiary/aromatic N) is 1. The number of ketones is 1. The summed E-state index contributed by atoms with van der Waals surface area (Å²) >= 11 is 5.98. The minimum atomic E-state index is -0.752. The molecule has 0 aromatic heterocycles. The first-order valence-electron chi connectivity index (χ1n) is 8.66. The van der Waals surface area contributed by atoms with Crippen LogP contribution in [-0.4, -0.2) is 54.9 Å². The number of hydrogen-bond donors (Lipinski definition) is 2. The third kappa shape index (κ3) is 4.72. The van der Waals surface area contributed by atoms with Crippen LogP contribution in [0.25, 0.3) is 0 Å². The van der Waals surface area contributed by atoms with Crippen LogP contribution in [0.4, 0.5) is 4.79 Å². The molecule has 2 aliphatic heterocycles. The van der Waals surface area contributed by atoms with Gasteiger partial charge in [-0.3, -0.25) is 14.9 Å². The molecule has 0 saturated carbocycles. The molecule has 3 rings (SSSR count). The van der Waals surface area contributed by atoms with Gasteiger partial charge in [-0.2, -0.15) is 0 Å². The van der Waals surface area contributed by atoms with E-state index in [1.54, 1.807) is 18.2 Å². The van der Waals surface area contributed by atoms with Crippen LogP contribution in [-0.2, 0) is 4.79 Å². The number of carbonyl (C=O) groups is 3. The minimum Gasteiger partial charge on any atom is -0.496 e. The Labute approximate surface area is 169 Å². The van der Waals surface area contributed by atoms with Gasteiger partial charge in [0.1, 0.15) is 11.3 Å². The summed E-state index contributed by atoms with van der Waals surface area (Å²) in [6.45, 7) is 2.19. The molecule has 2 fully saturated rings. The number of nitrogens with one attached hydrogen (secondary N) is 2. The monoisotopic (exact) mass is 415 g/mol. The molecule has 0 bridgehead atoms. The number of urea groups is 1. The molecule has 2 saturated heterocycles. The first-order chi connectivity index (χ1) is 12.4. The molecule has 2 N–H and O–H groups in total. The number of benzene rings is 1. The predicted octanol–water partition coefficient (Wildman–Crippen LogP) is 2.41. The first kappa shape index (κ1) is 21.5. The number of Topliss-reactive ketones (excluding diaryl/α,β-unsaturated/α-hetero) is 1. The van der Waals surface area contributed by atoms with E-state index in [4.69, 9.17) is 16.3 Å². The van der Waals surface area contributed by atoms with E-state index in [0.717, 1.165) is 6.54 Å². The largest absolute Gasteiger partial charge is 0.496 e. The summed E-state index contributed by atoms with van der Waals surface area (Å²) < 4.78 is 5.23. The van der Waals surface area contributed by atoms with Gasteiger partial charge in [-0.05, 0) is 44.0 Å². The van der Waals surface area contributed by atoms with E-state index in [0.29, 0.717) is 55.1 Å². The van der Waals surface area contributed by atoms with Crippen LogP contribution in [0.5, 0.6) is 5.75 Å². The van der Waals surface area contributed by atoms with Crippen LogP contribution in [0, 0.1) is 0 Å². The van der Waals surface area contributed by atoms with Crippen molar-refractivity contribution >= 4 is 41.7 Å². The molecule has 2 aliphatic rings. The van der Waals surface area contributed by atoms with Gasteiger partial charge < -0.3 is 15.0 Å². The fraction of sp³-hybridized carbons (Fsp3) is 0.500. The summed E-state index contributed by atoms with van der Waals surface area (Å²) in [6, 6.07) is 4.61. The van der Waals surface area contributed by atoms with Gasteiger partial charge in [0.2, 0.25) is 0 Å². The third-order valence-corrected chi connectivity index (χ3v) is 5.30. The average molecular weight is 416 g/mol. The zero-order chi connectivity index (χ0) is 18.7. The van der Waals surface area contributed by atoms with E-state index in [9.17, 15) is 14.4 Å². The molecule has 0 aliphatic carbocycles. The fourth-order valence-corrected chi connectivity index (χ4v) is 3.71. The van der Waals surface area contributed by atoms with Gasteiger partial charge in [0.05, 0.1) is 12.7 Å². The zero-order valence-corrected chi connectivity index (χ0v) is 16.6. The Morgan fingerprint density at radius 1 is 1.30 bits per heavy atom. The van der Waals surface area contributed by atoms with Crippen molar-refractivity contribution in [3.8, 4) is 5.75 Å². The molecule has 0 atom stereocenters. The molecule has 1 aromatic rings. The maximum absolute atomic E-state index is 12.4. The molecule has 148 valence electrons. The number of likely N-dealkylation sites (tertiary alicyclic amines) is 1. The van der Waals surface area contributed by atoms with Crippen LogP contribution in [0.3, 0.4) is 0 Å². The normalized spacial score (nSPS) is 18.6. The number of amides is 3. The Kier molecular flexibility index (Phi) is 7.08. The quantitative estimate of drug-likeness (QED) is 0.550. The fourth-order valence-electron chi connectivity index (χ4n) is 3.53. The summed E-state index contributed by atoms with van der Waals surface area (Å²) in [5.41, 5.74) is -0.250. The maximum atomic E-state index is 12.4. The minimum absolute atomic E-state index is 0. The molecule has 1 aromatic carbocycles. The van der Waals surface area contributed by atoms with Crippen LogP contribution in [0.2, 0.25) is 5.02 Å². The number of rotatable bonds is 6. The summed E-state index contributed by atoms with van der Waals surface area (Å²) in [5.74, 6) is 0.299. The molecule has 0 radical (unpaired) electrons. The van der Waals surface area contributed by atoms with Crippen molar-refractivity contribution in [3.05, 3.63) is 28.8 Å². The van der Waals surface area contributed by atoms with Crippen molar-refractivity contribution in [1.82, 2.24) is 15.5 Å². The van der Waals surface area contributed by atoms with Crippen molar-refractivity contribution in [2.75, 3.05) is 26.7 Å². The second-order valence-corrected chi connectivity index (χ2v) is 7.14. The number of halogens is 2. The van der Waals surface area contributed by atoms with Crippen molar-refractivity contribution in [2.24, 2.45) is 0 Å². The second-order valence-electron chi connectivity index (χ2n) is 6.70. The molecule has 7 nitrogen and oxygen atoms in total. The highest BCUT2D eigenvalue weighted by Gasteiger charge is 2.47. The summed E-state index contributed by atoms with van der Waals surface area (Å²) in [6.07, 6.45) is 2.27. The summed E-state index contributed by atoms with van der Waals surface area (Å²) in [4.78, 5) is 37.9. The SMILES string of the molecule is COc1ccc(Cl)cc1C(=O)CCCN1CCC2(CC1)NC(=O)NC2=O.Cl. The second kappa shape index (κ2) is 8.91.